The van der Waals surface area contributed by atoms with Crippen LogP contribution < -0.4 is 10.5 Å². The van der Waals surface area contributed by atoms with Gasteiger partial charge in [-0.2, -0.15) is 0 Å². The second kappa shape index (κ2) is 5.77. The van der Waals surface area contributed by atoms with E-state index < -0.39 is 10.0 Å². The van der Waals surface area contributed by atoms with E-state index in [4.69, 9.17) is 5.14 Å². The van der Waals surface area contributed by atoms with Crippen LogP contribution in [0, 0.1) is 12.3 Å². The van der Waals surface area contributed by atoms with Crippen molar-refractivity contribution in [2.75, 3.05) is 6.54 Å². The summed E-state index contributed by atoms with van der Waals surface area (Å²) in [6.07, 6.45) is 4.52. The van der Waals surface area contributed by atoms with E-state index in [9.17, 15) is 13.2 Å². The Balaban J connectivity index is 2.11. The van der Waals surface area contributed by atoms with E-state index in [0.29, 0.717) is 17.7 Å². The van der Waals surface area contributed by atoms with Gasteiger partial charge in [0.05, 0.1) is 4.90 Å². The molecule has 1 aromatic rings. The minimum atomic E-state index is -3.80. The maximum Gasteiger partial charge on any atom is 0.251 e. The van der Waals surface area contributed by atoms with Crippen LogP contribution in [0.1, 0.15) is 48.5 Å². The number of carbonyl (C=O) groups excluding carboxylic acids is 1. The Morgan fingerprint density at radius 2 is 2.00 bits per heavy atom. The third kappa shape index (κ3) is 4.04. The number of hydrogen-bond donors (Lipinski definition) is 2. The Bertz CT molecular complexity index is 649. The molecule has 1 fully saturated rings. The van der Waals surface area contributed by atoms with E-state index in [-0.39, 0.29) is 16.2 Å². The fourth-order valence-electron chi connectivity index (χ4n) is 2.64. The van der Waals surface area contributed by atoms with Crippen LogP contribution in [0.3, 0.4) is 0 Å². The predicted octanol–water partition coefficient (Wildman–Crippen LogP) is 1.95. The monoisotopic (exact) mass is 310 g/mol. The van der Waals surface area contributed by atoms with Gasteiger partial charge in [-0.25, -0.2) is 13.6 Å². The largest absolute Gasteiger partial charge is 0.351 e. The van der Waals surface area contributed by atoms with Crippen molar-refractivity contribution in [2.24, 2.45) is 10.6 Å². The van der Waals surface area contributed by atoms with E-state index in [2.05, 4.69) is 12.2 Å². The van der Waals surface area contributed by atoms with Crippen molar-refractivity contribution < 1.29 is 13.2 Å². The van der Waals surface area contributed by atoms with Crippen molar-refractivity contribution in [1.29, 1.82) is 0 Å². The van der Waals surface area contributed by atoms with Gasteiger partial charge in [0.25, 0.3) is 5.91 Å². The molecule has 5 nitrogen and oxygen atoms in total. The number of benzene rings is 1. The van der Waals surface area contributed by atoms with E-state index in [1.54, 1.807) is 13.0 Å². The predicted molar refractivity (Wildman–Crippen MR) is 81.5 cm³/mol. The van der Waals surface area contributed by atoms with Gasteiger partial charge in [0.1, 0.15) is 0 Å². The molecule has 1 amide bonds. The summed E-state index contributed by atoms with van der Waals surface area (Å²) in [5.41, 5.74) is 1.30. The molecule has 1 aliphatic carbocycles. The highest BCUT2D eigenvalue weighted by Crippen LogP contribution is 2.48. The first-order valence-electron chi connectivity index (χ1n) is 7.18. The lowest BCUT2D eigenvalue weighted by Gasteiger charge is -2.15. The average Bonchev–Trinajstić information content (AvgIpc) is 3.15. The van der Waals surface area contributed by atoms with E-state index in [1.807, 2.05) is 0 Å². The van der Waals surface area contributed by atoms with Crippen molar-refractivity contribution in [1.82, 2.24) is 5.32 Å². The zero-order valence-electron chi connectivity index (χ0n) is 12.5. The summed E-state index contributed by atoms with van der Waals surface area (Å²) < 4.78 is 22.8. The number of hydrogen-bond acceptors (Lipinski definition) is 3. The molecular weight excluding hydrogens is 288 g/mol. The smallest absolute Gasteiger partial charge is 0.251 e. The highest BCUT2D eigenvalue weighted by Gasteiger charge is 2.41. The fraction of sp³-hybridized carbons (Fsp3) is 0.533. The molecule has 0 heterocycles. The maximum absolute atomic E-state index is 12.2. The molecule has 6 heteroatoms. The Morgan fingerprint density at radius 1 is 1.33 bits per heavy atom. The van der Waals surface area contributed by atoms with E-state index in [1.165, 1.54) is 12.1 Å². The number of nitrogens with one attached hydrogen (secondary N) is 1. The lowest BCUT2D eigenvalue weighted by atomic mass is 10.0. The molecule has 116 valence electrons. The fourth-order valence-corrected chi connectivity index (χ4v) is 3.28. The van der Waals surface area contributed by atoms with Crippen LogP contribution in [-0.2, 0) is 10.0 Å². The van der Waals surface area contributed by atoms with Gasteiger partial charge in [-0.3, -0.25) is 4.79 Å². The molecule has 3 N–H and O–H groups in total. The second-order valence-electron chi connectivity index (χ2n) is 6.01. The quantitative estimate of drug-likeness (QED) is 0.841. The molecule has 2 rings (SSSR count). The summed E-state index contributed by atoms with van der Waals surface area (Å²) in [6, 6.07) is 4.46. The average molecular weight is 310 g/mol. The summed E-state index contributed by atoms with van der Waals surface area (Å²) in [7, 11) is -3.80. The molecule has 0 aromatic heterocycles. The highest BCUT2D eigenvalue weighted by molar-refractivity contribution is 7.89. The Morgan fingerprint density at radius 3 is 2.52 bits per heavy atom. The molecule has 0 radical (unpaired) electrons. The molecule has 0 atom stereocenters. The summed E-state index contributed by atoms with van der Waals surface area (Å²) in [5, 5.41) is 8.05. The normalized spacial score (nSPS) is 16.5. The second-order valence-corrected chi connectivity index (χ2v) is 7.57. The molecule has 0 spiro atoms. The molecule has 1 aromatic carbocycles. The number of amides is 1. The van der Waals surface area contributed by atoms with Gasteiger partial charge in [-0.05, 0) is 55.4 Å². The maximum atomic E-state index is 12.2. The third-order valence-corrected chi connectivity index (χ3v) is 4.90. The number of aryl methyl sites for hydroxylation is 1. The molecule has 1 aliphatic rings. The summed E-state index contributed by atoms with van der Waals surface area (Å²) in [5.74, 6) is -0.244. The van der Waals surface area contributed by atoms with Crippen LogP contribution in [0.4, 0.5) is 0 Å². The Kier molecular flexibility index (Phi) is 4.39. The van der Waals surface area contributed by atoms with Crippen molar-refractivity contribution in [3.05, 3.63) is 29.3 Å². The van der Waals surface area contributed by atoms with Crippen molar-refractivity contribution in [3.63, 3.8) is 0 Å². The summed E-state index contributed by atoms with van der Waals surface area (Å²) in [6.45, 7) is 4.53. The van der Waals surface area contributed by atoms with Crippen LogP contribution >= 0.6 is 0 Å². The SMILES string of the molecule is CCCC1(CNC(=O)c2cc(C)cc(S(N)(=O)=O)c2)CC1. The van der Waals surface area contributed by atoms with Gasteiger partial charge in [-0.1, -0.05) is 13.3 Å². The minimum absolute atomic E-state index is 0.0256. The number of primary sulfonamides is 1. The summed E-state index contributed by atoms with van der Waals surface area (Å²) >= 11 is 0. The Hall–Kier alpha value is -1.40. The number of rotatable bonds is 6. The van der Waals surface area contributed by atoms with Crippen LogP contribution in [0.2, 0.25) is 0 Å². The lowest BCUT2D eigenvalue weighted by Crippen LogP contribution is -2.30. The van der Waals surface area contributed by atoms with Gasteiger partial charge >= 0.3 is 0 Å². The van der Waals surface area contributed by atoms with Crippen molar-refractivity contribution >= 4 is 15.9 Å². The molecule has 0 unspecified atom stereocenters. The van der Waals surface area contributed by atoms with Gasteiger partial charge in [0.15, 0.2) is 0 Å². The molecule has 21 heavy (non-hydrogen) atoms. The van der Waals surface area contributed by atoms with Gasteiger partial charge in [0, 0.05) is 12.1 Å². The number of carbonyl (C=O) groups is 1. The molecule has 0 aliphatic heterocycles. The van der Waals surface area contributed by atoms with Crippen LogP contribution in [0.15, 0.2) is 23.1 Å². The van der Waals surface area contributed by atoms with E-state index >= 15 is 0 Å². The number of nitrogens with two attached hydrogens (primary N) is 1. The first-order chi connectivity index (χ1) is 9.76. The summed E-state index contributed by atoms with van der Waals surface area (Å²) in [4.78, 5) is 12.2. The zero-order chi connectivity index (χ0) is 15.7. The van der Waals surface area contributed by atoms with Crippen molar-refractivity contribution in [2.45, 2.75) is 44.4 Å². The van der Waals surface area contributed by atoms with Crippen LogP contribution in [-0.4, -0.2) is 20.9 Å². The van der Waals surface area contributed by atoms with Gasteiger partial charge < -0.3 is 5.32 Å². The zero-order valence-corrected chi connectivity index (χ0v) is 13.3. The third-order valence-electron chi connectivity index (χ3n) is 4.00. The van der Waals surface area contributed by atoms with Crippen LogP contribution in [0.5, 0.6) is 0 Å². The molecular formula is C15H22N2O3S. The van der Waals surface area contributed by atoms with Gasteiger partial charge in [-0.15, -0.1) is 0 Å². The molecule has 0 saturated heterocycles. The standard InChI is InChI=1S/C15H22N2O3S/c1-3-4-15(5-6-15)10-17-14(18)12-7-11(2)8-13(9-12)21(16,19)20/h7-9H,3-6,10H2,1-2H3,(H,17,18)(H2,16,19,20). The first kappa shape index (κ1) is 16.0. The Labute approximate surface area is 126 Å². The lowest BCUT2D eigenvalue weighted by molar-refractivity contribution is 0.0943. The van der Waals surface area contributed by atoms with E-state index in [0.717, 1.165) is 25.7 Å². The molecule has 0 bridgehead atoms. The van der Waals surface area contributed by atoms with Crippen molar-refractivity contribution in [3.8, 4) is 0 Å². The van der Waals surface area contributed by atoms with Crippen LogP contribution in [0.25, 0.3) is 0 Å². The minimum Gasteiger partial charge on any atom is -0.351 e. The molecule has 1 saturated carbocycles. The van der Waals surface area contributed by atoms with Gasteiger partial charge in [0.2, 0.25) is 10.0 Å². The highest BCUT2D eigenvalue weighted by atomic mass is 32.2. The topological polar surface area (TPSA) is 89.3 Å². The first-order valence-corrected chi connectivity index (χ1v) is 8.73. The number of sulfonamides is 1.